The Kier molecular flexibility index (Phi) is 8.69. The van der Waals surface area contributed by atoms with E-state index < -0.39 is 9.84 Å². The minimum Gasteiger partial charge on any atom is -0.352 e. The lowest BCUT2D eigenvalue weighted by molar-refractivity contribution is 0.0951. The SMILES string of the molecule is CCS(=O)(=O)c1ccc(C(=O)NCCCN2CCNCC2)cc1.Cl. The van der Waals surface area contributed by atoms with Crippen LogP contribution in [0.5, 0.6) is 0 Å². The number of carbonyl (C=O) groups is 1. The van der Waals surface area contributed by atoms with Crippen LogP contribution in [0.1, 0.15) is 23.7 Å². The second kappa shape index (κ2) is 9.98. The molecule has 1 amide bonds. The number of halogens is 1. The first-order valence-corrected chi connectivity index (χ1v) is 9.72. The van der Waals surface area contributed by atoms with Crippen molar-refractivity contribution < 1.29 is 13.2 Å². The van der Waals surface area contributed by atoms with E-state index in [1.807, 2.05) is 0 Å². The van der Waals surface area contributed by atoms with E-state index in [-0.39, 0.29) is 29.0 Å². The first-order valence-electron chi connectivity index (χ1n) is 8.07. The summed E-state index contributed by atoms with van der Waals surface area (Å²) in [7, 11) is -3.22. The summed E-state index contributed by atoms with van der Waals surface area (Å²) in [6.45, 7) is 7.38. The highest BCUT2D eigenvalue weighted by Gasteiger charge is 2.13. The maximum Gasteiger partial charge on any atom is 0.251 e. The van der Waals surface area contributed by atoms with Gasteiger partial charge in [0.15, 0.2) is 9.84 Å². The van der Waals surface area contributed by atoms with Crippen molar-refractivity contribution in [3.05, 3.63) is 29.8 Å². The molecular formula is C16H26ClN3O3S. The largest absolute Gasteiger partial charge is 0.352 e. The lowest BCUT2D eigenvalue weighted by Crippen LogP contribution is -2.44. The van der Waals surface area contributed by atoms with Gasteiger partial charge in [0.2, 0.25) is 0 Å². The molecule has 0 spiro atoms. The van der Waals surface area contributed by atoms with Gasteiger partial charge in [-0.25, -0.2) is 8.42 Å². The highest BCUT2D eigenvalue weighted by atomic mass is 35.5. The number of nitrogens with one attached hydrogen (secondary N) is 2. The molecule has 8 heteroatoms. The molecule has 0 unspecified atom stereocenters. The Bertz CT molecular complexity index is 614. The summed E-state index contributed by atoms with van der Waals surface area (Å²) in [6, 6.07) is 6.12. The van der Waals surface area contributed by atoms with Crippen molar-refractivity contribution >= 4 is 28.2 Å². The van der Waals surface area contributed by atoms with Gasteiger partial charge in [0, 0.05) is 38.3 Å². The molecule has 0 aromatic heterocycles. The molecule has 1 aliphatic rings. The van der Waals surface area contributed by atoms with Crippen molar-refractivity contribution in [3.63, 3.8) is 0 Å². The average molecular weight is 376 g/mol. The van der Waals surface area contributed by atoms with Crippen molar-refractivity contribution in [2.75, 3.05) is 45.0 Å². The first kappa shape index (κ1) is 20.9. The second-order valence-corrected chi connectivity index (χ2v) is 7.91. The van der Waals surface area contributed by atoms with E-state index in [9.17, 15) is 13.2 Å². The molecule has 0 aliphatic carbocycles. The van der Waals surface area contributed by atoms with E-state index in [2.05, 4.69) is 15.5 Å². The van der Waals surface area contributed by atoms with Crippen molar-refractivity contribution in [2.45, 2.75) is 18.2 Å². The van der Waals surface area contributed by atoms with Crippen LogP contribution in [0.2, 0.25) is 0 Å². The van der Waals surface area contributed by atoms with Crippen LogP contribution in [0.4, 0.5) is 0 Å². The Morgan fingerprint density at radius 2 is 1.83 bits per heavy atom. The summed E-state index contributed by atoms with van der Waals surface area (Å²) < 4.78 is 23.5. The molecule has 2 rings (SSSR count). The summed E-state index contributed by atoms with van der Waals surface area (Å²) in [5.41, 5.74) is 0.488. The molecule has 2 N–H and O–H groups in total. The van der Waals surface area contributed by atoms with Crippen LogP contribution in [-0.2, 0) is 9.84 Å². The number of piperazine rings is 1. The van der Waals surface area contributed by atoms with E-state index in [0.29, 0.717) is 12.1 Å². The van der Waals surface area contributed by atoms with Gasteiger partial charge in [-0.2, -0.15) is 0 Å². The Balaban J connectivity index is 0.00000288. The third-order valence-corrected chi connectivity index (χ3v) is 5.75. The first-order chi connectivity index (χ1) is 11.0. The third kappa shape index (κ3) is 6.05. The highest BCUT2D eigenvalue weighted by Crippen LogP contribution is 2.12. The van der Waals surface area contributed by atoms with Gasteiger partial charge >= 0.3 is 0 Å². The number of amides is 1. The van der Waals surface area contributed by atoms with Crippen molar-refractivity contribution in [2.24, 2.45) is 0 Å². The van der Waals surface area contributed by atoms with Crippen LogP contribution in [-0.4, -0.2) is 64.2 Å². The molecule has 136 valence electrons. The second-order valence-electron chi connectivity index (χ2n) is 5.63. The van der Waals surface area contributed by atoms with Crippen LogP contribution < -0.4 is 10.6 Å². The molecule has 0 saturated carbocycles. The number of hydrogen-bond donors (Lipinski definition) is 2. The van der Waals surface area contributed by atoms with E-state index in [0.717, 1.165) is 39.1 Å². The zero-order chi connectivity index (χ0) is 16.7. The van der Waals surface area contributed by atoms with Crippen molar-refractivity contribution in [1.29, 1.82) is 0 Å². The molecule has 1 saturated heterocycles. The molecule has 0 bridgehead atoms. The fourth-order valence-electron chi connectivity index (χ4n) is 2.52. The van der Waals surface area contributed by atoms with Gasteiger partial charge in [0.25, 0.3) is 5.91 Å². The highest BCUT2D eigenvalue weighted by molar-refractivity contribution is 7.91. The number of sulfone groups is 1. The van der Waals surface area contributed by atoms with Gasteiger partial charge in [-0.15, -0.1) is 12.4 Å². The molecule has 1 heterocycles. The molecule has 0 radical (unpaired) electrons. The van der Waals surface area contributed by atoms with Gasteiger partial charge in [0.05, 0.1) is 10.6 Å². The van der Waals surface area contributed by atoms with Crippen LogP contribution in [0.25, 0.3) is 0 Å². The van der Waals surface area contributed by atoms with Gasteiger partial charge in [-0.05, 0) is 37.2 Å². The summed E-state index contributed by atoms with van der Waals surface area (Å²) >= 11 is 0. The zero-order valence-electron chi connectivity index (χ0n) is 14.0. The van der Waals surface area contributed by atoms with Crippen molar-refractivity contribution in [3.8, 4) is 0 Å². The van der Waals surface area contributed by atoms with Gasteiger partial charge in [-0.3, -0.25) is 4.79 Å². The molecule has 1 aromatic carbocycles. The lowest BCUT2D eigenvalue weighted by Gasteiger charge is -2.27. The Morgan fingerprint density at radius 3 is 2.42 bits per heavy atom. The zero-order valence-corrected chi connectivity index (χ0v) is 15.6. The monoisotopic (exact) mass is 375 g/mol. The molecule has 1 fully saturated rings. The predicted octanol–water partition coefficient (Wildman–Crippen LogP) is 0.927. The Hall–Kier alpha value is -1.15. The van der Waals surface area contributed by atoms with Crippen LogP contribution in [0.3, 0.4) is 0 Å². The van der Waals surface area contributed by atoms with E-state index in [1.54, 1.807) is 19.1 Å². The molecule has 6 nitrogen and oxygen atoms in total. The topological polar surface area (TPSA) is 78.5 Å². The predicted molar refractivity (Wildman–Crippen MR) is 97.7 cm³/mol. The van der Waals surface area contributed by atoms with Crippen LogP contribution in [0, 0.1) is 0 Å². The van der Waals surface area contributed by atoms with E-state index in [4.69, 9.17) is 0 Å². The van der Waals surface area contributed by atoms with Crippen LogP contribution >= 0.6 is 12.4 Å². The summed E-state index contributed by atoms with van der Waals surface area (Å²) in [6.07, 6.45) is 0.911. The Morgan fingerprint density at radius 1 is 1.21 bits per heavy atom. The third-order valence-electron chi connectivity index (χ3n) is 4.00. The smallest absolute Gasteiger partial charge is 0.251 e. The molecular weight excluding hydrogens is 350 g/mol. The number of carbonyl (C=O) groups excluding carboxylic acids is 1. The quantitative estimate of drug-likeness (QED) is 0.693. The number of hydrogen-bond acceptors (Lipinski definition) is 5. The maximum absolute atomic E-state index is 12.0. The van der Waals surface area contributed by atoms with E-state index >= 15 is 0 Å². The molecule has 1 aromatic rings. The summed E-state index contributed by atoms with van der Waals surface area (Å²) in [5, 5.41) is 6.19. The Labute approximate surface area is 150 Å². The van der Waals surface area contributed by atoms with Gasteiger partial charge < -0.3 is 15.5 Å². The fourth-order valence-corrected chi connectivity index (χ4v) is 3.41. The maximum atomic E-state index is 12.0. The molecule has 24 heavy (non-hydrogen) atoms. The van der Waals surface area contributed by atoms with E-state index in [1.165, 1.54) is 12.1 Å². The van der Waals surface area contributed by atoms with Gasteiger partial charge in [0.1, 0.15) is 0 Å². The lowest BCUT2D eigenvalue weighted by atomic mass is 10.2. The normalized spacial score (nSPS) is 15.5. The number of rotatable bonds is 7. The average Bonchev–Trinajstić information content (AvgIpc) is 2.59. The standard InChI is InChI=1S/C16H25N3O3S.ClH/c1-2-23(21,22)15-6-4-14(5-7-15)16(20)18-8-3-11-19-12-9-17-10-13-19;/h4-7,17H,2-3,8-13H2,1H3,(H,18,20);1H. The number of nitrogens with zero attached hydrogens (tertiary/aromatic N) is 1. The minimum absolute atomic E-state index is 0. The minimum atomic E-state index is -3.22. The van der Waals surface area contributed by atoms with Crippen molar-refractivity contribution in [1.82, 2.24) is 15.5 Å². The summed E-state index contributed by atoms with van der Waals surface area (Å²) in [4.78, 5) is 14.7. The van der Waals surface area contributed by atoms with Gasteiger partial charge in [-0.1, -0.05) is 6.92 Å². The summed E-state index contributed by atoms with van der Waals surface area (Å²) in [5.74, 6) is -0.101. The molecule has 0 atom stereocenters. The molecule has 1 aliphatic heterocycles. The number of benzene rings is 1. The van der Waals surface area contributed by atoms with Crippen LogP contribution in [0.15, 0.2) is 29.2 Å². The fraction of sp³-hybridized carbons (Fsp3) is 0.562.